The van der Waals surface area contributed by atoms with Crippen LogP contribution in [0.4, 0.5) is 0 Å². The van der Waals surface area contributed by atoms with Crippen molar-refractivity contribution in [2.45, 2.75) is 37.5 Å². The number of esters is 1. The van der Waals surface area contributed by atoms with Crippen LogP contribution in [0.15, 0.2) is 0 Å². The average molecular weight is 278 g/mol. The Bertz CT molecular complexity index is 270. The van der Waals surface area contributed by atoms with Crippen LogP contribution >= 0.6 is 24.0 Å². The van der Waals surface area contributed by atoms with Crippen LogP contribution in [0.25, 0.3) is 0 Å². The van der Waals surface area contributed by atoms with Gasteiger partial charge in [0.05, 0.1) is 13.7 Å². The van der Waals surface area contributed by atoms with E-state index in [9.17, 15) is 4.79 Å². The summed E-state index contributed by atoms with van der Waals surface area (Å²) in [6.45, 7) is 3.08. The predicted octanol–water partition coefficient (Wildman–Crippen LogP) is 2.15. The van der Waals surface area contributed by atoms with Crippen LogP contribution in [0.1, 0.15) is 26.2 Å². The van der Waals surface area contributed by atoms with Gasteiger partial charge in [-0.1, -0.05) is 11.8 Å². The number of rotatable bonds is 3. The zero-order valence-corrected chi connectivity index (χ0v) is 11.8. The largest absolute Gasteiger partial charge is 0.479 e. The molecule has 98 valence electrons. The number of ether oxygens (including phenoxy) is 3. The molecular weight excluding hydrogens is 260 g/mol. The van der Waals surface area contributed by atoms with Crippen molar-refractivity contribution in [2.75, 3.05) is 20.3 Å². The lowest BCUT2D eigenvalue weighted by Crippen LogP contribution is -2.27. The Labute approximate surface area is 111 Å². The highest BCUT2D eigenvalue weighted by molar-refractivity contribution is 8.23. The molecule has 0 bridgehead atoms. The number of thioether (sulfide) groups is 1. The summed E-state index contributed by atoms with van der Waals surface area (Å²) < 4.78 is 16.0. The van der Waals surface area contributed by atoms with Crippen molar-refractivity contribution in [2.24, 2.45) is 0 Å². The van der Waals surface area contributed by atoms with Gasteiger partial charge in [0, 0.05) is 11.9 Å². The van der Waals surface area contributed by atoms with Crippen LogP contribution < -0.4 is 0 Å². The third kappa shape index (κ3) is 5.23. The fourth-order valence-corrected chi connectivity index (χ4v) is 3.19. The van der Waals surface area contributed by atoms with Gasteiger partial charge in [-0.25, -0.2) is 4.79 Å². The van der Waals surface area contributed by atoms with E-state index in [4.69, 9.17) is 26.4 Å². The number of methoxy groups -OCH3 is 1. The summed E-state index contributed by atoms with van der Waals surface area (Å²) in [4.78, 5) is 11.5. The highest BCUT2D eigenvalue weighted by Crippen LogP contribution is 2.27. The van der Waals surface area contributed by atoms with Gasteiger partial charge in [-0.2, -0.15) is 0 Å². The van der Waals surface area contributed by atoms with E-state index >= 15 is 0 Å². The van der Waals surface area contributed by atoms with Crippen molar-refractivity contribution in [3.05, 3.63) is 0 Å². The van der Waals surface area contributed by atoms with Crippen LogP contribution in [0, 0.1) is 0 Å². The summed E-state index contributed by atoms with van der Waals surface area (Å²) >= 11 is 6.61. The van der Waals surface area contributed by atoms with E-state index in [1.165, 1.54) is 18.9 Å². The van der Waals surface area contributed by atoms with Crippen molar-refractivity contribution in [3.8, 4) is 0 Å². The Morgan fingerprint density at radius 2 is 2.35 bits per heavy atom. The molecule has 1 saturated heterocycles. The van der Waals surface area contributed by atoms with E-state index in [-0.39, 0.29) is 11.2 Å². The van der Waals surface area contributed by atoms with Crippen molar-refractivity contribution in [3.63, 3.8) is 0 Å². The smallest absolute Gasteiger partial charge is 0.335 e. The minimum atomic E-state index is -0.468. The van der Waals surface area contributed by atoms with Gasteiger partial charge in [-0.05, 0) is 38.4 Å². The molecule has 0 aromatic rings. The molecule has 17 heavy (non-hydrogen) atoms. The number of carbonyl (C=O) groups excluding carboxylic acids is 1. The fourth-order valence-electron chi connectivity index (χ4n) is 1.65. The molecule has 0 amide bonds. The molecule has 0 aromatic carbocycles. The molecule has 4 nitrogen and oxygen atoms in total. The molecule has 6 heteroatoms. The van der Waals surface area contributed by atoms with E-state index in [1.807, 2.05) is 6.92 Å². The minimum absolute atomic E-state index is 0.264. The molecule has 1 fully saturated rings. The van der Waals surface area contributed by atoms with Crippen LogP contribution in [-0.2, 0) is 19.0 Å². The number of thiocarbonyl (C=S) groups is 1. The normalized spacial score (nSPS) is 24.8. The summed E-state index contributed by atoms with van der Waals surface area (Å²) in [5.74, 6) is -0.306. The fraction of sp³-hybridized carbons (Fsp3) is 0.818. The maximum absolute atomic E-state index is 11.5. The van der Waals surface area contributed by atoms with Crippen LogP contribution in [0.5, 0.6) is 0 Å². The molecule has 0 radical (unpaired) electrons. The van der Waals surface area contributed by atoms with Gasteiger partial charge in [0.25, 0.3) is 0 Å². The lowest BCUT2D eigenvalue weighted by Gasteiger charge is -2.17. The molecule has 0 N–H and O–H groups in total. The number of carbonyl (C=O) groups is 1. The molecule has 1 heterocycles. The summed E-state index contributed by atoms with van der Waals surface area (Å²) in [5, 5.41) is 0.264. The molecule has 0 spiro atoms. The Kier molecular flexibility index (Phi) is 6.84. The van der Waals surface area contributed by atoms with E-state index in [0.29, 0.717) is 24.0 Å². The highest BCUT2D eigenvalue weighted by atomic mass is 32.2. The zero-order valence-electron chi connectivity index (χ0n) is 10.1. The molecule has 2 unspecified atom stereocenters. The second-order valence-electron chi connectivity index (χ2n) is 3.68. The van der Waals surface area contributed by atoms with E-state index in [1.54, 1.807) is 0 Å². The molecule has 2 atom stereocenters. The molecule has 1 rings (SSSR count). The summed E-state index contributed by atoms with van der Waals surface area (Å²) in [6, 6.07) is 0. The quantitative estimate of drug-likeness (QED) is 0.582. The monoisotopic (exact) mass is 278 g/mol. The average Bonchev–Trinajstić information content (AvgIpc) is 2.54. The van der Waals surface area contributed by atoms with Gasteiger partial charge in [0.1, 0.15) is 0 Å². The summed E-state index contributed by atoms with van der Waals surface area (Å²) in [7, 11) is 1.38. The lowest BCUT2D eigenvalue weighted by atomic mass is 10.1. The Hall–Kier alpha value is -0.330. The Morgan fingerprint density at radius 3 is 3.00 bits per heavy atom. The molecule has 0 aromatic heterocycles. The third-order valence-corrected chi connectivity index (χ3v) is 3.93. The highest BCUT2D eigenvalue weighted by Gasteiger charge is 2.28. The lowest BCUT2D eigenvalue weighted by molar-refractivity contribution is -0.153. The number of hydrogen-bond acceptors (Lipinski definition) is 6. The van der Waals surface area contributed by atoms with Crippen LogP contribution in [0.3, 0.4) is 0 Å². The first-order chi connectivity index (χ1) is 8.17. The molecule has 1 aliphatic rings. The Balaban J connectivity index is 2.48. The van der Waals surface area contributed by atoms with Crippen molar-refractivity contribution in [1.29, 1.82) is 0 Å². The number of hydrogen-bond donors (Lipinski definition) is 0. The molecule has 0 aliphatic carbocycles. The minimum Gasteiger partial charge on any atom is -0.479 e. The van der Waals surface area contributed by atoms with Crippen molar-refractivity contribution < 1.29 is 19.0 Å². The third-order valence-electron chi connectivity index (χ3n) is 2.46. The molecular formula is C11H18O4S2. The maximum atomic E-state index is 11.5. The van der Waals surface area contributed by atoms with Crippen molar-refractivity contribution in [1.82, 2.24) is 0 Å². The van der Waals surface area contributed by atoms with Gasteiger partial charge in [0.15, 0.2) is 6.10 Å². The predicted molar refractivity (Wildman–Crippen MR) is 71.2 cm³/mol. The van der Waals surface area contributed by atoms with E-state index in [0.717, 1.165) is 12.8 Å². The van der Waals surface area contributed by atoms with Crippen molar-refractivity contribution >= 4 is 34.3 Å². The zero-order chi connectivity index (χ0) is 12.7. The van der Waals surface area contributed by atoms with Crippen LogP contribution in [-0.4, -0.2) is 42.0 Å². The molecule has 1 aliphatic heterocycles. The van der Waals surface area contributed by atoms with Crippen LogP contribution in [0.2, 0.25) is 0 Å². The summed E-state index contributed by atoms with van der Waals surface area (Å²) in [6.07, 6.45) is 2.07. The van der Waals surface area contributed by atoms with Gasteiger partial charge < -0.3 is 14.2 Å². The van der Waals surface area contributed by atoms with E-state index < -0.39 is 6.10 Å². The van der Waals surface area contributed by atoms with Gasteiger partial charge in [0.2, 0.25) is 4.38 Å². The maximum Gasteiger partial charge on any atom is 0.335 e. The van der Waals surface area contributed by atoms with Gasteiger partial charge in [-0.15, -0.1) is 0 Å². The SMILES string of the molecule is CCOC(=S)SC1CCCOC(C(=O)OC)C1. The van der Waals surface area contributed by atoms with Gasteiger partial charge >= 0.3 is 5.97 Å². The molecule has 0 saturated carbocycles. The van der Waals surface area contributed by atoms with Gasteiger partial charge in [-0.3, -0.25) is 0 Å². The standard InChI is InChI=1S/C11H18O4S2/c1-3-14-11(16)17-8-5-4-6-15-9(7-8)10(12)13-2/h8-9H,3-7H2,1-2H3. The second kappa shape index (κ2) is 7.89. The first-order valence-corrected chi connectivity index (χ1v) is 6.99. The summed E-state index contributed by atoms with van der Waals surface area (Å²) in [5.41, 5.74) is 0. The second-order valence-corrected chi connectivity index (χ2v) is 5.59. The first kappa shape index (κ1) is 14.7. The first-order valence-electron chi connectivity index (χ1n) is 5.70. The Morgan fingerprint density at radius 1 is 1.59 bits per heavy atom. The van der Waals surface area contributed by atoms with E-state index in [2.05, 4.69) is 0 Å². The topological polar surface area (TPSA) is 44.8 Å².